The first-order valence-corrected chi connectivity index (χ1v) is 7.35. The zero-order valence-corrected chi connectivity index (χ0v) is 12.6. The van der Waals surface area contributed by atoms with Crippen molar-refractivity contribution in [3.8, 4) is 0 Å². The lowest BCUT2D eigenvalue weighted by molar-refractivity contribution is -0.139. The molecule has 2 aromatic rings. The van der Waals surface area contributed by atoms with E-state index in [4.69, 9.17) is 10.8 Å². The lowest BCUT2D eigenvalue weighted by atomic mass is 10.1. The second kappa shape index (κ2) is 5.46. The van der Waals surface area contributed by atoms with E-state index in [1.165, 1.54) is 17.3 Å². The highest BCUT2D eigenvalue weighted by molar-refractivity contribution is 7.99. The molecule has 0 spiro atoms. The minimum Gasteiger partial charge on any atom is -0.480 e. The third kappa shape index (κ3) is 3.13. The molecule has 0 aromatic carbocycles. The van der Waals surface area contributed by atoms with Gasteiger partial charge in [0.15, 0.2) is 0 Å². The Balaban J connectivity index is 2.11. The molecule has 0 amide bonds. The number of aliphatic carboxylic acids is 1. The van der Waals surface area contributed by atoms with Gasteiger partial charge in [0.1, 0.15) is 11.7 Å². The number of aromatic nitrogens is 2. The van der Waals surface area contributed by atoms with Crippen LogP contribution in [0.15, 0.2) is 24.5 Å². The molecule has 0 saturated carbocycles. The van der Waals surface area contributed by atoms with Crippen molar-refractivity contribution >= 4 is 23.4 Å². The van der Waals surface area contributed by atoms with Crippen LogP contribution in [0.3, 0.4) is 0 Å². The molecule has 5 nitrogen and oxygen atoms in total. The van der Waals surface area contributed by atoms with E-state index in [0.29, 0.717) is 5.75 Å². The molecule has 0 unspecified atom stereocenters. The molecule has 2 aromatic heterocycles. The second-order valence-electron chi connectivity index (χ2n) is 5.41. The van der Waals surface area contributed by atoms with Gasteiger partial charge in [-0.2, -0.15) is 0 Å². The summed E-state index contributed by atoms with van der Waals surface area (Å²) in [7, 11) is 0. The van der Waals surface area contributed by atoms with Gasteiger partial charge in [0.2, 0.25) is 0 Å². The van der Waals surface area contributed by atoms with Crippen LogP contribution in [0.4, 0.5) is 0 Å². The summed E-state index contributed by atoms with van der Waals surface area (Å²) in [5.74, 6) is -0.345. The monoisotopic (exact) mass is 293 g/mol. The molecule has 1 atom stereocenters. The Bertz CT molecular complexity index is 636. The minimum atomic E-state index is -0.979. The van der Waals surface area contributed by atoms with Crippen LogP contribution in [0, 0.1) is 6.92 Å². The van der Waals surface area contributed by atoms with Gasteiger partial charge in [0.25, 0.3) is 0 Å². The van der Waals surface area contributed by atoms with Crippen molar-refractivity contribution in [2.75, 3.05) is 0 Å². The van der Waals surface area contributed by atoms with Crippen LogP contribution >= 0.6 is 11.8 Å². The molecule has 6 heteroatoms. The molecule has 0 fully saturated rings. The molecule has 20 heavy (non-hydrogen) atoms. The second-order valence-corrected chi connectivity index (χ2v) is 7.04. The van der Waals surface area contributed by atoms with Crippen molar-refractivity contribution in [1.82, 2.24) is 9.38 Å². The summed E-state index contributed by atoms with van der Waals surface area (Å²) < 4.78 is 1.44. The summed E-state index contributed by atoms with van der Waals surface area (Å²) in [6.45, 7) is 5.72. The number of rotatable bonds is 5. The smallest absolute Gasteiger partial charge is 0.321 e. The number of carbonyl (C=O) groups is 1. The number of hydrogen-bond donors (Lipinski definition) is 2. The maximum absolute atomic E-state index is 11.0. The highest BCUT2D eigenvalue weighted by atomic mass is 32.2. The Morgan fingerprint density at radius 2 is 2.20 bits per heavy atom. The Morgan fingerprint density at radius 1 is 1.50 bits per heavy atom. The number of aryl methyl sites for hydroxylation is 1. The van der Waals surface area contributed by atoms with Crippen LogP contribution in [-0.4, -0.2) is 31.2 Å². The average Bonchev–Trinajstić information content (AvgIpc) is 2.77. The molecule has 2 heterocycles. The van der Waals surface area contributed by atoms with Gasteiger partial charge in [-0.15, -0.1) is 11.8 Å². The van der Waals surface area contributed by atoms with Crippen LogP contribution in [-0.2, 0) is 10.5 Å². The summed E-state index contributed by atoms with van der Waals surface area (Å²) in [5, 5.41) is 9.00. The molecule has 0 aliphatic carbocycles. The zero-order valence-electron chi connectivity index (χ0n) is 11.8. The van der Waals surface area contributed by atoms with E-state index in [2.05, 4.69) is 4.98 Å². The summed E-state index contributed by atoms with van der Waals surface area (Å²) in [6.07, 6.45) is 3.99. The fraction of sp³-hybridized carbons (Fsp3) is 0.429. The van der Waals surface area contributed by atoms with Crippen molar-refractivity contribution in [2.45, 2.75) is 37.3 Å². The fourth-order valence-corrected chi connectivity index (χ4v) is 2.81. The third-order valence-electron chi connectivity index (χ3n) is 3.26. The van der Waals surface area contributed by atoms with Crippen molar-refractivity contribution in [2.24, 2.45) is 5.73 Å². The Hall–Kier alpha value is -1.53. The molecule has 108 valence electrons. The number of fused-ring (bicyclic) bond motifs is 1. The maximum atomic E-state index is 11.0. The summed E-state index contributed by atoms with van der Waals surface area (Å²) >= 11 is 1.51. The summed E-state index contributed by atoms with van der Waals surface area (Å²) in [6, 6.07) is 3.09. The molecule has 0 saturated heterocycles. The first kappa shape index (κ1) is 14.9. The predicted octanol–water partition coefficient (Wildman–Crippen LogP) is 2.07. The Kier molecular flexibility index (Phi) is 4.06. The molecule has 0 bridgehead atoms. The number of imidazole rings is 1. The van der Waals surface area contributed by atoms with Crippen molar-refractivity contribution in [3.63, 3.8) is 0 Å². The highest BCUT2D eigenvalue weighted by Crippen LogP contribution is 2.30. The van der Waals surface area contributed by atoms with E-state index in [-0.39, 0.29) is 0 Å². The van der Waals surface area contributed by atoms with Gasteiger partial charge < -0.3 is 15.2 Å². The predicted molar refractivity (Wildman–Crippen MR) is 80.9 cm³/mol. The van der Waals surface area contributed by atoms with E-state index in [1.807, 2.05) is 49.7 Å². The number of carboxylic acid groups (broad SMARTS) is 1. The first-order valence-electron chi connectivity index (χ1n) is 6.36. The fourth-order valence-electron chi connectivity index (χ4n) is 1.87. The SMILES string of the molecule is Cc1ccc2nc(CSC(C)(C)[C@H](N)C(=O)O)cn2c1. The molecule has 2 rings (SSSR count). The topological polar surface area (TPSA) is 80.6 Å². The number of carboxylic acids is 1. The largest absolute Gasteiger partial charge is 0.480 e. The molecular formula is C14H19N3O2S. The van der Waals surface area contributed by atoms with Gasteiger partial charge in [-0.1, -0.05) is 6.07 Å². The van der Waals surface area contributed by atoms with Crippen LogP contribution in [0.2, 0.25) is 0 Å². The summed E-state index contributed by atoms with van der Waals surface area (Å²) in [5.41, 5.74) is 8.69. The molecule has 3 N–H and O–H groups in total. The number of hydrogen-bond acceptors (Lipinski definition) is 4. The van der Waals surface area contributed by atoms with Crippen LogP contribution in [0.5, 0.6) is 0 Å². The van der Waals surface area contributed by atoms with Gasteiger partial charge >= 0.3 is 5.97 Å². The van der Waals surface area contributed by atoms with Crippen molar-refractivity contribution < 1.29 is 9.90 Å². The van der Waals surface area contributed by atoms with Gasteiger partial charge in [-0.25, -0.2) is 4.98 Å². The van der Waals surface area contributed by atoms with E-state index < -0.39 is 16.8 Å². The first-order chi connectivity index (χ1) is 9.29. The standard InChI is InChI=1S/C14H19N3O2S/c1-9-4-5-11-16-10(7-17(11)6-9)8-20-14(2,3)12(15)13(18)19/h4-7,12H,8,15H2,1-3H3,(H,18,19)/t12-/m1/s1. The van der Waals surface area contributed by atoms with E-state index in [9.17, 15) is 4.79 Å². The Morgan fingerprint density at radius 3 is 2.85 bits per heavy atom. The normalized spacial score (nSPS) is 13.6. The highest BCUT2D eigenvalue weighted by Gasteiger charge is 2.32. The zero-order chi connectivity index (χ0) is 14.9. The number of nitrogens with two attached hydrogens (primary N) is 1. The molecule has 0 radical (unpaired) electrons. The molecular weight excluding hydrogens is 274 g/mol. The van der Waals surface area contributed by atoms with E-state index in [1.54, 1.807) is 0 Å². The molecule has 0 aliphatic heterocycles. The van der Waals surface area contributed by atoms with Gasteiger partial charge in [-0.3, -0.25) is 4.79 Å². The van der Waals surface area contributed by atoms with E-state index >= 15 is 0 Å². The van der Waals surface area contributed by atoms with Crippen LogP contribution < -0.4 is 5.73 Å². The lowest BCUT2D eigenvalue weighted by Crippen LogP contribution is -2.46. The van der Waals surface area contributed by atoms with Crippen molar-refractivity contribution in [1.29, 1.82) is 0 Å². The maximum Gasteiger partial charge on any atom is 0.321 e. The number of thioether (sulfide) groups is 1. The van der Waals surface area contributed by atoms with Gasteiger partial charge in [0, 0.05) is 22.9 Å². The number of nitrogens with zero attached hydrogens (tertiary/aromatic N) is 2. The quantitative estimate of drug-likeness (QED) is 0.882. The average molecular weight is 293 g/mol. The Labute approximate surface area is 122 Å². The van der Waals surface area contributed by atoms with Crippen molar-refractivity contribution in [3.05, 3.63) is 35.8 Å². The lowest BCUT2D eigenvalue weighted by Gasteiger charge is -2.27. The summed E-state index contributed by atoms with van der Waals surface area (Å²) in [4.78, 5) is 15.5. The third-order valence-corrected chi connectivity index (χ3v) is 4.69. The number of pyridine rings is 1. The van der Waals surface area contributed by atoms with E-state index in [0.717, 1.165) is 11.3 Å². The molecule has 0 aliphatic rings. The van der Waals surface area contributed by atoms with Crippen LogP contribution in [0.1, 0.15) is 25.1 Å². The minimum absolute atomic E-state index is 0.544. The van der Waals surface area contributed by atoms with Crippen LogP contribution in [0.25, 0.3) is 5.65 Å². The van der Waals surface area contributed by atoms with Gasteiger partial charge in [-0.05, 0) is 32.4 Å². The van der Waals surface area contributed by atoms with Gasteiger partial charge in [0.05, 0.1) is 5.69 Å².